The summed E-state index contributed by atoms with van der Waals surface area (Å²) in [4.78, 5) is 10.8. The van der Waals surface area contributed by atoms with E-state index in [-0.39, 0.29) is 10.5 Å². The van der Waals surface area contributed by atoms with Gasteiger partial charge in [-0.15, -0.1) is 0 Å². The van der Waals surface area contributed by atoms with Gasteiger partial charge >= 0.3 is 5.97 Å². The minimum atomic E-state index is -3.74. The van der Waals surface area contributed by atoms with Crippen LogP contribution >= 0.6 is 0 Å². The predicted octanol–water partition coefficient (Wildman–Crippen LogP) is 2.80. The summed E-state index contributed by atoms with van der Waals surface area (Å²) in [6.07, 6.45) is 0. The second-order valence-electron chi connectivity index (χ2n) is 4.68. The molecule has 0 bridgehead atoms. The van der Waals surface area contributed by atoms with Gasteiger partial charge in [0.25, 0.3) is 10.0 Å². The number of nitrogens with one attached hydrogen (secondary N) is 1. The average Bonchev–Trinajstić information content (AvgIpc) is 2.44. The second-order valence-corrected chi connectivity index (χ2v) is 6.36. The summed E-state index contributed by atoms with van der Waals surface area (Å²) in [5.41, 5.74) is 2.39. The van der Waals surface area contributed by atoms with E-state index < -0.39 is 16.0 Å². The highest BCUT2D eigenvalue weighted by atomic mass is 32.2. The van der Waals surface area contributed by atoms with Gasteiger partial charge < -0.3 is 5.11 Å². The number of aromatic carboxylic acids is 1. The Kier molecular flexibility index (Phi) is 3.99. The van der Waals surface area contributed by atoms with Gasteiger partial charge in [-0.3, -0.25) is 4.72 Å². The van der Waals surface area contributed by atoms with E-state index in [0.29, 0.717) is 5.69 Å². The van der Waals surface area contributed by atoms with E-state index in [1.807, 2.05) is 19.9 Å². The lowest BCUT2D eigenvalue weighted by Crippen LogP contribution is -2.14. The number of carboxylic acid groups (broad SMARTS) is 1. The molecule has 0 aliphatic heterocycles. The first-order valence-electron chi connectivity index (χ1n) is 6.23. The molecule has 0 radical (unpaired) electrons. The van der Waals surface area contributed by atoms with Gasteiger partial charge in [0.2, 0.25) is 0 Å². The van der Waals surface area contributed by atoms with Crippen molar-refractivity contribution in [3.05, 3.63) is 59.2 Å². The van der Waals surface area contributed by atoms with Gasteiger partial charge in [0.05, 0.1) is 16.1 Å². The number of aryl methyl sites for hydroxylation is 1. The number of carboxylic acids is 1. The third-order valence-electron chi connectivity index (χ3n) is 3.26. The van der Waals surface area contributed by atoms with Crippen molar-refractivity contribution in [3.8, 4) is 0 Å². The molecule has 0 amide bonds. The van der Waals surface area contributed by atoms with E-state index in [1.165, 1.54) is 24.3 Å². The summed E-state index contributed by atoms with van der Waals surface area (Å²) in [6, 6.07) is 10.4. The van der Waals surface area contributed by atoms with Crippen molar-refractivity contribution in [2.45, 2.75) is 18.7 Å². The molecule has 2 aromatic carbocycles. The van der Waals surface area contributed by atoms with E-state index in [1.54, 1.807) is 12.1 Å². The predicted molar refractivity (Wildman–Crippen MR) is 80.1 cm³/mol. The van der Waals surface area contributed by atoms with Crippen LogP contribution in [-0.2, 0) is 10.0 Å². The average molecular weight is 305 g/mol. The maximum atomic E-state index is 12.3. The molecule has 21 heavy (non-hydrogen) atoms. The molecular weight excluding hydrogens is 290 g/mol. The Morgan fingerprint density at radius 2 is 1.67 bits per heavy atom. The molecule has 0 aromatic heterocycles. The standard InChI is InChI=1S/C15H15NO4S/c1-10-4-3-5-14(11(10)2)16-21(19,20)13-8-6-12(7-9-13)15(17)18/h3-9,16H,1-2H3,(H,17,18). The molecule has 0 unspecified atom stereocenters. The van der Waals surface area contributed by atoms with Crippen molar-refractivity contribution in [1.82, 2.24) is 0 Å². The Hall–Kier alpha value is -2.34. The monoisotopic (exact) mass is 305 g/mol. The van der Waals surface area contributed by atoms with Crippen molar-refractivity contribution >= 4 is 21.7 Å². The molecule has 0 saturated heterocycles. The molecule has 0 atom stereocenters. The van der Waals surface area contributed by atoms with Gasteiger partial charge in [-0.25, -0.2) is 13.2 Å². The normalized spacial score (nSPS) is 11.1. The fourth-order valence-corrected chi connectivity index (χ4v) is 2.96. The van der Waals surface area contributed by atoms with Crippen LogP contribution in [0.4, 0.5) is 5.69 Å². The van der Waals surface area contributed by atoms with Crippen molar-refractivity contribution < 1.29 is 18.3 Å². The van der Waals surface area contributed by atoms with Gasteiger partial charge in [-0.05, 0) is 55.3 Å². The third-order valence-corrected chi connectivity index (χ3v) is 4.64. The molecule has 6 heteroatoms. The van der Waals surface area contributed by atoms with E-state index in [9.17, 15) is 13.2 Å². The highest BCUT2D eigenvalue weighted by Crippen LogP contribution is 2.22. The zero-order valence-corrected chi connectivity index (χ0v) is 12.4. The first-order valence-corrected chi connectivity index (χ1v) is 7.72. The van der Waals surface area contributed by atoms with Gasteiger partial charge in [-0.1, -0.05) is 12.1 Å². The number of sulfonamides is 1. The summed E-state index contributed by atoms with van der Waals surface area (Å²) in [5, 5.41) is 8.82. The first-order chi connectivity index (χ1) is 9.81. The van der Waals surface area contributed by atoms with E-state index in [4.69, 9.17) is 5.11 Å². The zero-order valence-electron chi connectivity index (χ0n) is 11.6. The van der Waals surface area contributed by atoms with E-state index >= 15 is 0 Å². The lowest BCUT2D eigenvalue weighted by molar-refractivity contribution is 0.0696. The number of hydrogen-bond acceptors (Lipinski definition) is 3. The molecule has 2 aromatic rings. The highest BCUT2D eigenvalue weighted by Gasteiger charge is 2.16. The van der Waals surface area contributed by atoms with E-state index in [2.05, 4.69) is 4.72 Å². The fourth-order valence-electron chi connectivity index (χ4n) is 1.84. The van der Waals surface area contributed by atoms with Crippen molar-refractivity contribution in [2.75, 3.05) is 4.72 Å². The number of carbonyl (C=O) groups is 1. The third kappa shape index (κ3) is 3.22. The molecular formula is C15H15NO4S. The Labute approximate surface area is 123 Å². The number of hydrogen-bond donors (Lipinski definition) is 2. The lowest BCUT2D eigenvalue weighted by atomic mass is 10.1. The topological polar surface area (TPSA) is 83.5 Å². The van der Waals surface area contributed by atoms with Crippen molar-refractivity contribution in [2.24, 2.45) is 0 Å². The lowest BCUT2D eigenvalue weighted by Gasteiger charge is -2.12. The van der Waals surface area contributed by atoms with Crippen molar-refractivity contribution in [3.63, 3.8) is 0 Å². The van der Waals surface area contributed by atoms with Crippen LogP contribution in [0.3, 0.4) is 0 Å². The van der Waals surface area contributed by atoms with Gasteiger partial charge in [0.15, 0.2) is 0 Å². The quantitative estimate of drug-likeness (QED) is 0.909. The van der Waals surface area contributed by atoms with E-state index in [0.717, 1.165) is 11.1 Å². The maximum Gasteiger partial charge on any atom is 0.335 e. The minimum Gasteiger partial charge on any atom is -0.478 e. The molecule has 0 fully saturated rings. The molecule has 0 spiro atoms. The van der Waals surface area contributed by atoms with Crippen LogP contribution in [0.25, 0.3) is 0 Å². The molecule has 0 aliphatic rings. The Bertz CT molecular complexity index is 780. The highest BCUT2D eigenvalue weighted by molar-refractivity contribution is 7.92. The second kappa shape index (κ2) is 5.57. The summed E-state index contributed by atoms with van der Waals surface area (Å²) in [6.45, 7) is 3.73. The molecule has 2 rings (SSSR count). The number of anilines is 1. The fraction of sp³-hybridized carbons (Fsp3) is 0.133. The zero-order chi connectivity index (χ0) is 15.6. The SMILES string of the molecule is Cc1cccc(NS(=O)(=O)c2ccc(C(=O)O)cc2)c1C. The van der Waals surface area contributed by atoms with Crippen LogP contribution in [0.2, 0.25) is 0 Å². The van der Waals surface area contributed by atoms with Crippen LogP contribution in [0.1, 0.15) is 21.5 Å². The number of benzene rings is 2. The Morgan fingerprint density at radius 1 is 1.05 bits per heavy atom. The maximum absolute atomic E-state index is 12.3. The summed E-state index contributed by atoms with van der Waals surface area (Å²) in [5.74, 6) is -1.10. The summed E-state index contributed by atoms with van der Waals surface area (Å²) in [7, 11) is -3.74. The van der Waals surface area contributed by atoms with Crippen LogP contribution in [0.15, 0.2) is 47.4 Å². The molecule has 2 N–H and O–H groups in total. The Morgan fingerprint density at radius 3 is 2.24 bits per heavy atom. The summed E-state index contributed by atoms with van der Waals surface area (Å²) < 4.78 is 27.1. The molecule has 0 aliphatic carbocycles. The molecule has 0 saturated carbocycles. The van der Waals surface area contributed by atoms with Gasteiger partial charge in [0.1, 0.15) is 0 Å². The van der Waals surface area contributed by atoms with Crippen LogP contribution in [0.5, 0.6) is 0 Å². The molecule has 5 nitrogen and oxygen atoms in total. The largest absolute Gasteiger partial charge is 0.478 e. The van der Waals surface area contributed by atoms with Crippen LogP contribution < -0.4 is 4.72 Å². The minimum absolute atomic E-state index is 0.0217. The molecule has 110 valence electrons. The summed E-state index contributed by atoms with van der Waals surface area (Å²) >= 11 is 0. The van der Waals surface area contributed by atoms with Crippen LogP contribution in [0, 0.1) is 13.8 Å². The van der Waals surface area contributed by atoms with Gasteiger partial charge in [-0.2, -0.15) is 0 Å². The number of rotatable bonds is 4. The smallest absolute Gasteiger partial charge is 0.335 e. The Balaban J connectivity index is 2.34. The first kappa shape index (κ1) is 15.1. The molecule has 0 heterocycles. The van der Waals surface area contributed by atoms with Crippen LogP contribution in [-0.4, -0.2) is 19.5 Å². The van der Waals surface area contributed by atoms with Gasteiger partial charge in [0, 0.05) is 0 Å². The van der Waals surface area contributed by atoms with Crippen molar-refractivity contribution in [1.29, 1.82) is 0 Å².